The molecule has 0 fully saturated rings. The molecule has 2 amide bonds. The predicted molar refractivity (Wildman–Crippen MR) is 112 cm³/mol. The molecular weight excluding hydrogens is 348 g/mol. The van der Waals surface area contributed by atoms with Crippen LogP contribution in [0.5, 0.6) is 0 Å². The van der Waals surface area contributed by atoms with Crippen molar-refractivity contribution in [2.24, 2.45) is 0 Å². The van der Waals surface area contributed by atoms with Crippen molar-refractivity contribution in [3.63, 3.8) is 0 Å². The Labute approximate surface area is 165 Å². The van der Waals surface area contributed by atoms with Crippen LogP contribution in [0.3, 0.4) is 0 Å². The summed E-state index contributed by atoms with van der Waals surface area (Å²) in [5.41, 5.74) is 2.94. The molecule has 4 nitrogen and oxygen atoms in total. The molecule has 0 heterocycles. The molecule has 3 rings (SSSR count). The first-order chi connectivity index (χ1) is 13.5. The van der Waals surface area contributed by atoms with Gasteiger partial charge in [0.15, 0.2) is 0 Å². The van der Waals surface area contributed by atoms with E-state index in [4.69, 9.17) is 0 Å². The molecule has 2 N–H and O–H groups in total. The SMILES string of the molecule is CC(C)NC(=O)c1cccc(NC(=O)C(c2ccccc2)c2ccccc2)c1. The zero-order valence-corrected chi connectivity index (χ0v) is 16.1. The molecule has 3 aromatic rings. The molecule has 0 spiro atoms. The number of hydrogen-bond donors (Lipinski definition) is 2. The largest absolute Gasteiger partial charge is 0.350 e. The molecular formula is C24H24N2O2. The summed E-state index contributed by atoms with van der Waals surface area (Å²) in [6.45, 7) is 3.82. The van der Waals surface area contributed by atoms with Crippen molar-refractivity contribution >= 4 is 17.5 Å². The van der Waals surface area contributed by atoms with Crippen LogP contribution in [-0.2, 0) is 4.79 Å². The van der Waals surface area contributed by atoms with E-state index in [0.29, 0.717) is 11.3 Å². The average Bonchev–Trinajstić information content (AvgIpc) is 2.69. The highest BCUT2D eigenvalue weighted by atomic mass is 16.2. The quantitative estimate of drug-likeness (QED) is 0.665. The highest BCUT2D eigenvalue weighted by Gasteiger charge is 2.22. The molecule has 0 saturated carbocycles. The van der Waals surface area contributed by atoms with Crippen LogP contribution in [0.1, 0.15) is 41.3 Å². The van der Waals surface area contributed by atoms with Crippen molar-refractivity contribution in [2.75, 3.05) is 5.32 Å². The Bertz CT molecular complexity index is 898. The van der Waals surface area contributed by atoms with Gasteiger partial charge in [0, 0.05) is 17.3 Å². The molecule has 0 aliphatic rings. The monoisotopic (exact) mass is 372 g/mol. The number of anilines is 1. The van der Waals surface area contributed by atoms with E-state index in [9.17, 15) is 9.59 Å². The fraction of sp³-hybridized carbons (Fsp3) is 0.167. The maximum atomic E-state index is 13.2. The smallest absolute Gasteiger partial charge is 0.251 e. The number of carbonyl (C=O) groups is 2. The highest BCUT2D eigenvalue weighted by molar-refractivity contribution is 6.00. The predicted octanol–water partition coefficient (Wildman–Crippen LogP) is 4.60. The van der Waals surface area contributed by atoms with Crippen LogP contribution >= 0.6 is 0 Å². The first-order valence-corrected chi connectivity index (χ1v) is 9.36. The van der Waals surface area contributed by atoms with Crippen LogP contribution in [0.4, 0.5) is 5.69 Å². The normalized spacial score (nSPS) is 10.7. The van der Waals surface area contributed by atoms with Crippen molar-refractivity contribution in [3.05, 3.63) is 102 Å². The van der Waals surface area contributed by atoms with Gasteiger partial charge in [-0.2, -0.15) is 0 Å². The lowest BCUT2D eigenvalue weighted by molar-refractivity contribution is -0.116. The summed E-state index contributed by atoms with van der Waals surface area (Å²) in [5, 5.41) is 5.83. The van der Waals surface area contributed by atoms with Crippen molar-refractivity contribution in [2.45, 2.75) is 25.8 Å². The Morgan fingerprint density at radius 1 is 0.750 bits per heavy atom. The molecule has 142 valence electrons. The summed E-state index contributed by atoms with van der Waals surface area (Å²) >= 11 is 0. The average molecular weight is 372 g/mol. The highest BCUT2D eigenvalue weighted by Crippen LogP contribution is 2.26. The van der Waals surface area contributed by atoms with E-state index in [1.807, 2.05) is 74.5 Å². The van der Waals surface area contributed by atoms with Crippen molar-refractivity contribution in [3.8, 4) is 0 Å². The molecule has 0 aliphatic heterocycles. The summed E-state index contributed by atoms with van der Waals surface area (Å²) in [4.78, 5) is 25.4. The summed E-state index contributed by atoms with van der Waals surface area (Å²) in [6.07, 6.45) is 0. The van der Waals surface area contributed by atoms with Gasteiger partial charge in [-0.25, -0.2) is 0 Å². The summed E-state index contributed by atoms with van der Waals surface area (Å²) in [7, 11) is 0. The molecule has 0 aliphatic carbocycles. The van der Waals surface area contributed by atoms with Crippen LogP contribution in [0.25, 0.3) is 0 Å². The first-order valence-electron chi connectivity index (χ1n) is 9.36. The van der Waals surface area contributed by atoms with E-state index < -0.39 is 5.92 Å². The Morgan fingerprint density at radius 2 is 1.32 bits per heavy atom. The maximum absolute atomic E-state index is 13.2. The van der Waals surface area contributed by atoms with Gasteiger partial charge in [0.25, 0.3) is 5.91 Å². The molecule has 0 radical (unpaired) electrons. The third-order valence-electron chi connectivity index (χ3n) is 4.34. The lowest BCUT2D eigenvalue weighted by Crippen LogP contribution is -2.30. The van der Waals surface area contributed by atoms with Crippen LogP contribution in [0, 0.1) is 0 Å². The lowest BCUT2D eigenvalue weighted by Gasteiger charge is -2.18. The van der Waals surface area contributed by atoms with Gasteiger partial charge in [0.2, 0.25) is 5.91 Å². The number of benzene rings is 3. The zero-order chi connectivity index (χ0) is 19.9. The molecule has 4 heteroatoms. The molecule has 0 aromatic heterocycles. The van der Waals surface area contributed by atoms with Crippen molar-refractivity contribution in [1.82, 2.24) is 5.32 Å². The van der Waals surface area contributed by atoms with Crippen molar-refractivity contribution in [1.29, 1.82) is 0 Å². The first kappa shape index (κ1) is 19.4. The third kappa shape index (κ3) is 4.86. The second-order valence-corrected chi connectivity index (χ2v) is 6.95. The van der Waals surface area contributed by atoms with E-state index in [1.165, 1.54) is 0 Å². The van der Waals surface area contributed by atoms with E-state index in [2.05, 4.69) is 10.6 Å². The second kappa shape index (κ2) is 9.00. The number of amides is 2. The van der Waals surface area contributed by atoms with E-state index >= 15 is 0 Å². The van der Waals surface area contributed by atoms with Gasteiger partial charge in [0.05, 0.1) is 5.92 Å². The molecule has 0 bridgehead atoms. The van der Waals surface area contributed by atoms with Crippen molar-refractivity contribution < 1.29 is 9.59 Å². The van der Waals surface area contributed by atoms with Gasteiger partial charge in [-0.15, -0.1) is 0 Å². The molecule has 0 atom stereocenters. The van der Waals surface area contributed by atoms with Gasteiger partial charge in [0.1, 0.15) is 0 Å². The lowest BCUT2D eigenvalue weighted by atomic mass is 9.90. The number of rotatable bonds is 6. The van der Waals surface area contributed by atoms with E-state index in [1.54, 1.807) is 24.3 Å². The fourth-order valence-corrected chi connectivity index (χ4v) is 3.08. The number of carbonyl (C=O) groups excluding carboxylic acids is 2. The minimum Gasteiger partial charge on any atom is -0.350 e. The van der Waals surface area contributed by atoms with Crippen LogP contribution in [-0.4, -0.2) is 17.9 Å². The summed E-state index contributed by atoms with van der Waals surface area (Å²) in [6, 6.07) is 26.4. The Hall–Kier alpha value is -3.40. The van der Waals surface area contributed by atoms with Crippen LogP contribution in [0.15, 0.2) is 84.9 Å². The molecule has 28 heavy (non-hydrogen) atoms. The minimum atomic E-state index is -0.435. The number of hydrogen-bond acceptors (Lipinski definition) is 2. The maximum Gasteiger partial charge on any atom is 0.251 e. The minimum absolute atomic E-state index is 0.0475. The summed E-state index contributed by atoms with van der Waals surface area (Å²) < 4.78 is 0. The standard InChI is InChI=1S/C24H24N2O2/c1-17(2)25-23(27)20-14-9-15-21(16-20)26-24(28)22(18-10-5-3-6-11-18)19-12-7-4-8-13-19/h3-17,22H,1-2H3,(H,25,27)(H,26,28). The van der Waals surface area contributed by atoms with Crippen LogP contribution < -0.4 is 10.6 Å². The molecule has 3 aromatic carbocycles. The zero-order valence-electron chi connectivity index (χ0n) is 16.1. The Morgan fingerprint density at radius 3 is 1.86 bits per heavy atom. The van der Waals surface area contributed by atoms with Gasteiger partial charge < -0.3 is 10.6 Å². The Balaban J connectivity index is 1.86. The molecule has 0 saturated heterocycles. The van der Waals surface area contributed by atoms with Crippen LogP contribution in [0.2, 0.25) is 0 Å². The topological polar surface area (TPSA) is 58.2 Å². The van der Waals surface area contributed by atoms with E-state index in [-0.39, 0.29) is 17.9 Å². The van der Waals surface area contributed by atoms with E-state index in [0.717, 1.165) is 11.1 Å². The van der Waals surface area contributed by atoms with Gasteiger partial charge in [-0.3, -0.25) is 9.59 Å². The van der Waals surface area contributed by atoms with Gasteiger partial charge in [-0.05, 0) is 43.2 Å². The van der Waals surface area contributed by atoms with Gasteiger partial charge >= 0.3 is 0 Å². The molecule has 0 unspecified atom stereocenters. The van der Waals surface area contributed by atoms with Gasteiger partial charge in [-0.1, -0.05) is 66.7 Å². The summed E-state index contributed by atoms with van der Waals surface area (Å²) in [5.74, 6) is -0.733. The fourth-order valence-electron chi connectivity index (χ4n) is 3.08. The second-order valence-electron chi connectivity index (χ2n) is 6.95. The number of nitrogens with one attached hydrogen (secondary N) is 2. The Kier molecular flexibility index (Phi) is 6.22. The third-order valence-corrected chi connectivity index (χ3v) is 4.34.